The molecule has 1 amide bonds. The van der Waals surface area contributed by atoms with Crippen LogP contribution in [0.3, 0.4) is 0 Å². The van der Waals surface area contributed by atoms with Crippen LogP contribution in [0.15, 0.2) is 48.8 Å². The summed E-state index contributed by atoms with van der Waals surface area (Å²) in [6, 6.07) is 11.2. The maximum Gasteiger partial charge on any atom is 0.258 e. The highest BCUT2D eigenvalue weighted by Crippen LogP contribution is 2.29. The zero-order chi connectivity index (χ0) is 20.1. The lowest BCUT2D eigenvalue weighted by Crippen LogP contribution is -2.13. The monoisotopic (exact) mass is 378 g/mol. The van der Waals surface area contributed by atoms with Crippen LogP contribution in [0.1, 0.15) is 21.5 Å². The number of rotatable bonds is 6. The summed E-state index contributed by atoms with van der Waals surface area (Å²) in [6.45, 7) is 4.10. The smallest absolute Gasteiger partial charge is 0.258 e. The molecule has 28 heavy (non-hydrogen) atoms. The molecule has 2 N–H and O–H groups in total. The Bertz CT molecular complexity index is 987. The maximum absolute atomic E-state index is 12.4. The summed E-state index contributed by atoms with van der Waals surface area (Å²) in [6.07, 6.45) is 2.96. The van der Waals surface area contributed by atoms with Gasteiger partial charge in [0.25, 0.3) is 5.91 Å². The lowest BCUT2D eigenvalue weighted by Gasteiger charge is -2.11. The van der Waals surface area contributed by atoms with Gasteiger partial charge in [-0.2, -0.15) is 0 Å². The fourth-order valence-corrected chi connectivity index (χ4v) is 2.58. The van der Waals surface area contributed by atoms with Crippen LogP contribution >= 0.6 is 0 Å². The van der Waals surface area contributed by atoms with Crippen LogP contribution in [-0.4, -0.2) is 30.1 Å². The number of ether oxygens (including phenoxy) is 2. The second kappa shape index (κ2) is 8.39. The maximum atomic E-state index is 12.4. The van der Waals surface area contributed by atoms with Gasteiger partial charge in [-0.15, -0.1) is 0 Å². The molecule has 0 aliphatic heterocycles. The average Bonchev–Trinajstić information content (AvgIpc) is 2.71. The van der Waals surface area contributed by atoms with Crippen molar-refractivity contribution in [3.05, 3.63) is 65.5 Å². The van der Waals surface area contributed by atoms with Crippen LogP contribution in [0, 0.1) is 13.8 Å². The minimum Gasteiger partial charge on any atom is -0.493 e. The number of aromatic nitrogens is 2. The van der Waals surface area contributed by atoms with E-state index in [0.717, 1.165) is 5.69 Å². The summed E-state index contributed by atoms with van der Waals surface area (Å²) >= 11 is 0. The largest absolute Gasteiger partial charge is 0.493 e. The molecule has 7 nitrogen and oxygen atoms in total. The van der Waals surface area contributed by atoms with Crippen molar-refractivity contribution in [2.75, 3.05) is 24.9 Å². The number of amides is 1. The summed E-state index contributed by atoms with van der Waals surface area (Å²) in [7, 11) is 3.10. The summed E-state index contributed by atoms with van der Waals surface area (Å²) in [5, 5.41) is 5.92. The molecule has 2 aromatic carbocycles. The van der Waals surface area contributed by atoms with Crippen LogP contribution in [0.2, 0.25) is 0 Å². The molecule has 0 unspecified atom stereocenters. The second-order valence-corrected chi connectivity index (χ2v) is 6.24. The van der Waals surface area contributed by atoms with Gasteiger partial charge in [0.05, 0.1) is 19.8 Å². The number of hydrogen-bond acceptors (Lipinski definition) is 6. The number of nitrogens with one attached hydrogen (secondary N) is 2. The first kappa shape index (κ1) is 19.2. The minimum atomic E-state index is -0.315. The quantitative estimate of drug-likeness (QED) is 0.671. The number of hydrogen-bond donors (Lipinski definition) is 2. The zero-order valence-electron chi connectivity index (χ0n) is 16.2. The van der Waals surface area contributed by atoms with Crippen LogP contribution < -0.4 is 20.1 Å². The minimum absolute atomic E-state index is 0.315. The van der Waals surface area contributed by atoms with E-state index in [1.165, 1.54) is 23.5 Å². The summed E-state index contributed by atoms with van der Waals surface area (Å²) in [5.41, 5.74) is 4.22. The van der Waals surface area contributed by atoms with Gasteiger partial charge in [-0.25, -0.2) is 9.97 Å². The summed E-state index contributed by atoms with van der Waals surface area (Å²) in [4.78, 5) is 20.9. The zero-order valence-corrected chi connectivity index (χ0v) is 16.2. The Kier molecular flexibility index (Phi) is 5.74. The van der Waals surface area contributed by atoms with Gasteiger partial charge in [0.2, 0.25) is 5.95 Å². The number of carbonyl (C=O) groups excluding carboxylic acids is 1. The van der Waals surface area contributed by atoms with E-state index in [2.05, 4.69) is 27.5 Å². The van der Waals surface area contributed by atoms with Crippen LogP contribution in [0.5, 0.6) is 11.5 Å². The summed E-state index contributed by atoms with van der Waals surface area (Å²) < 4.78 is 10.4. The normalized spacial score (nSPS) is 10.3. The molecule has 0 fully saturated rings. The van der Waals surface area contributed by atoms with Gasteiger partial charge in [-0.3, -0.25) is 4.79 Å². The van der Waals surface area contributed by atoms with Gasteiger partial charge in [0.1, 0.15) is 0 Å². The van der Waals surface area contributed by atoms with Crippen LogP contribution in [0.25, 0.3) is 0 Å². The molecule has 0 atom stereocenters. The van der Waals surface area contributed by atoms with Gasteiger partial charge >= 0.3 is 0 Å². The Morgan fingerprint density at radius 2 is 1.54 bits per heavy atom. The topological polar surface area (TPSA) is 85.4 Å². The number of aryl methyl sites for hydroxylation is 2. The Morgan fingerprint density at radius 1 is 0.857 bits per heavy atom. The molecule has 0 bridgehead atoms. The molecule has 3 rings (SSSR count). The van der Waals surface area contributed by atoms with E-state index < -0.39 is 0 Å². The first-order chi connectivity index (χ1) is 13.5. The lowest BCUT2D eigenvalue weighted by molar-refractivity contribution is 0.102. The molecule has 0 spiro atoms. The van der Waals surface area contributed by atoms with Crippen molar-refractivity contribution >= 4 is 23.2 Å². The molecule has 7 heteroatoms. The molecule has 1 heterocycles. The lowest BCUT2D eigenvalue weighted by atomic mass is 10.1. The number of methoxy groups -OCH3 is 2. The number of carbonyl (C=O) groups is 1. The average molecular weight is 378 g/mol. The first-order valence-corrected chi connectivity index (χ1v) is 8.70. The van der Waals surface area contributed by atoms with Gasteiger partial charge in [-0.05, 0) is 49.2 Å². The van der Waals surface area contributed by atoms with E-state index in [1.54, 1.807) is 32.4 Å². The van der Waals surface area contributed by atoms with E-state index in [4.69, 9.17) is 9.47 Å². The number of benzene rings is 2. The first-order valence-electron chi connectivity index (χ1n) is 8.70. The molecule has 0 radical (unpaired) electrons. The fraction of sp³-hybridized carbons (Fsp3) is 0.190. The molecule has 0 saturated carbocycles. The Hall–Kier alpha value is -3.61. The van der Waals surface area contributed by atoms with Crippen LogP contribution in [-0.2, 0) is 0 Å². The van der Waals surface area contributed by atoms with Gasteiger partial charge in [0, 0.05) is 29.8 Å². The molecule has 144 valence electrons. The van der Waals surface area contributed by atoms with Gasteiger partial charge < -0.3 is 20.1 Å². The molecule has 0 aliphatic rings. The molecule has 0 saturated heterocycles. The third-order valence-electron chi connectivity index (χ3n) is 4.32. The van der Waals surface area contributed by atoms with Crippen molar-refractivity contribution in [1.29, 1.82) is 0 Å². The molecule has 3 aromatic rings. The van der Waals surface area contributed by atoms with Crippen molar-refractivity contribution in [2.45, 2.75) is 13.8 Å². The number of nitrogens with zero attached hydrogens (tertiary/aromatic N) is 2. The Labute approximate surface area is 163 Å². The van der Waals surface area contributed by atoms with E-state index in [1.807, 2.05) is 25.1 Å². The van der Waals surface area contributed by atoms with Crippen molar-refractivity contribution in [3.63, 3.8) is 0 Å². The van der Waals surface area contributed by atoms with E-state index >= 15 is 0 Å². The molecular formula is C21H22N4O3. The van der Waals surface area contributed by atoms with Crippen molar-refractivity contribution in [2.24, 2.45) is 0 Å². The summed E-state index contributed by atoms with van der Waals surface area (Å²) in [5.74, 6) is 1.23. The van der Waals surface area contributed by atoms with Crippen molar-refractivity contribution < 1.29 is 14.3 Å². The van der Waals surface area contributed by atoms with Crippen LogP contribution in [0.4, 0.5) is 17.3 Å². The predicted molar refractivity (Wildman–Crippen MR) is 109 cm³/mol. The molecule has 1 aromatic heterocycles. The SMILES string of the molecule is COc1ccc(NC(=O)c2cnc(Nc3ccc(C)c(C)c3)nc2)cc1OC. The predicted octanol–water partition coefficient (Wildman–Crippen LogP) is 4.11. The van der Waals surface area contributed by atoms with Crippen molar-refractivity contribution in [1.82, 2.24) is 9.97 Å². The molecular weight excluding hydrogens is 356 g/mol. The van der Waals surface area contributed by atoms with E-state index in [9.17, 15) is 4.79 Å². The van der Waals surface area contributed by atoms with Gasteiger partial charge in [-0.1, -0.05) is 6.07 Å². The van der Waals surface area contributed by atoms with Gasteiger partial charge in [0.15, 0.2) is 11.5 Å². The fourth-order valence-electron chi connectivity index (χ4n) is 2.58. The highest BCUT2D eigenvalue weighted by atomic mass is 16.5. The van der Waals surface area contributed by atoms with E-state index in [0.29, 0.717) is 28.7 Å². The Morgan fingerprint density at radius 3 is 2.18 bits per heavy atom. The Balaban J connectivity index is 1.69. The van der Waals surface area contributed by atoms with E-state index in [-0.39, 0.29) is 5.91 Å². The molecule has 0 aliphatic carbocycles. The standard InChI is InChI=1S/C21H22N4O3/c1-13-5-6-16(9-14(13)2)25-21-22-11-15(12-23-21)20(26)24-17-7-8-18(27-3)19(10-17)28-4/h5-12H,1-4H3,(H,24,26)(H,22,23,25). The highest BCUT2D eigenvalue weighted by Gasteiger charge is 2.10. The number of anilines is 3. The third kappa shape index (κ3) is 4.37. The second-order valence-electron chi connectivity index (χ2n) is 6.24. The highest BCUT2D eigenvalue weighted by molar-refractivity contribution is 6.04. The van der Waals surface area contributed by atoms with Crippen molar-refractivity contribution in [3.8, 4) is 11.5 Å². The third-order valence-corrected chi connectivity index (χ3v) is 4.32.